The van der Waals surface area contributed by atoms with E-state index in [4.69, 9.17) is 0 Å². The van der Waals surface area contributed by atoms with Gasteiger partial charge in [-0.2, -0.15) is 10.2 Å². The molecule has 0 radical (unpaired) electrons. The molecule has 2 unspecified atom stereocenters. The molecule has 10 rings (SSSR count). The highest BCUT2D eigenvalue weighted by atomic mass is 16.2. The Morgan fingerprint density at radius 2 is 0.984 bits per heavy atom. The molecular weight excluding hydrogens is 793 g/mol. The SMILES string of the molecule is Cc1cc2cc(-c3cn[nH]c3)ccc2n1CC1C[C@@H](C)N(C(=O)CCc2ccccc2)C1.Cc1cc2cc(-c3cn[nH]c3)ccc2n1CC1C[C@H](C)N(C(=O)CCc2ccccc2)C1. The molecule has 2 amide bonds. The maximum atomic E-state index is 12.9. The van der Waals surface area contributed by atoms with E-state index in [2.05, 4.69) is 140 Å². The van der Waals surface area contributed by atoms with Gasteiger partial charge in [0, 0.05) is 108 Å². The first kappa shape index (κ1) is 42.6. The number of aromatic amines is 2. The maximum absolute atomic E-state index is 12.9. The van der Waals surface area contributed by atoms with E-state index < -0.39 is 0 Å². The number of fused-ring (bicyclic) bond motifs is 2. The van der Waals surface area contributed by atoms with Crippen LogP contribution in [0, 0.1) is 25.7 Å². The predicted molar refractivity (Wildman–Crippen MR) is 257 cm³/mol. The summed E-state index contributed by atoms with van der Waals surface area (Å²) in [5, 5.41) is 16.4. The summed E-state index contributed by atoms with van der Waals surface area (Å²) in [5.41, 5.74) is 12.1. The number of benzene rings is 4. The summed E-state index contributed by atoms with van der Waals surface area (Å²) < 4.78 is 4.84. The van der Waals surface area contributed by atoms with Crippen molar-refractivity contribution in [3.63, 3.8) is 0 Å². The molecule has 8 aromatic rings. The van der Waals surface area contributed by atoms with E-state index in [1.54, 1.807) is 0 Å². The Balaban J connectivity index is 0.000000162. The topological polar surface area (TPSA) is 108 Å². The molecule has 10 nitrogen and oxygen atoms in total. The molecule has 64 heavy (non-hydrogen) atoms. The fourth-order valence-electron chi connectivity index (χ4n) is 10.3. The molecule has 2 fully saturated rings. The first-order valence-corrected chi connectivity index (χ1v) is 23.0. The summed E-state index contributed by atoms with van der Waals surface area (Å²) in [6, 6.07) is 39.0. The predicted octanol–water partition coefficient (Wildman–Crippen LogP) is 10.4. The molecule has 4 aromatic carbocycles. The number of amides is 2. The number of rotatable bonds is 12. The lowest BCUT2D eigenvalue weighted by Gasteiger charge is -2.21. The van der Waals surface area contributed by atoms with Crippen molar-refractivity contribution in [2.75, 3.05) is 13.1 Å². The Labute approximate surface area is 376 Å². The Morgan fingerprint density at radius 3 is 1.38 bits per heavy atom. The van der Waals surface area contributed by atoms with Gasteiger partial charge in [0.25, 0.3) is 0 Å². The largest absolute Gasteiger partial charge is 0.345 e. The van der Waals surface area contributed by atoms with E-state index in [1.165, 1.54) is 55.4 Å². The van der Waals surface area contributed by atoms with Gasteiger partial charge in [-0.25, -0.2) is 0 Å². The molecule has 0 aliphatic carbocycles. The minimum atomic E-state index is 0.280. The number of likely N-dealkylation sites (tertiary alicyclic amines) is 2. The number of carbonyl (C=O) groups excluding carboxylic acids is 2. The van der Waals surface area contributed by atoms with E-state index in [0.717, 1.165) is 63.0 Å². The second-order valence-electron chi connectivity index (χ2n) is 18.3. The Hall–Kier alpha value is -6.68. The zero-order chi connectivity index (χ0) is 44.2. The van der Waals surface area contributed by atoms with Crippen LogP contribution in [0.25, 0.3) is 44.1 Å². The van der Waals surface area contributed by atoms with E-state index in [0.29, 0.717) is 36.8 Å². The van der Waals surface area contributed by atoms with Crippen LogP contribution in [0.15, 0.2) is 134 Å². The summed E-state index contributed by atoms with van der Waals surface area (Å²) >= 11 is 0. The second-order valence-corrected chi connectivity index (χ2v) is 18.3. The molecular formula is C54H60N8O2. The van der Waals surface area contributed by atoms with Crippen molar-refractivity contribution in [3.8, 4) is 22.3 Å². The van der Waals surface area contributed by atoms with Crippen molar-refractivity contribution in [3.05, 3.63) is 156 Å². The van der Waals surface area contributed by atoms with Gasteiger partial charge in [0.1, 0.15) is 0 Å². The summed E-state index contributed by atoms with van der Waals surface area (Å²) in [4.78, 5) is 30.0. The van der Waals surface area contributed by atoms with Crippen molar-refractivity contribution in [2.45, 2.75) is 91.4 Å². The molecule has 0 saturated carbocycles. The van der Waals surface area contributed by atoms with E-state index in [9.17, 15) is 9.59 Å². The smallest absolute Gasteiger partial charge is 0.223 e. The highest BCUT2D eigenvalue weighted by Crippen LogP contribution is 2.33. The standard InChI is InChI=1S/2C27H30N4O/c2*1-19-12-22(18-31(19)27(32)11-8-21-6-4-3-5-7-21)17-30-20(2)13-24-14-23(9-10-26(24)30)25-15-28-29-16-25/h2*3-7,9-10,13-16,19,22H,8,11-12,17-18H2,1-2H3,(H,28,29)/t2*19-,22?/m10/s1. The fraction of sp³-hybridized carbons (Fsp3) is 0.333. The molecule has 328 valence electrons. The van der Waals surface area contributed by atoms with Crippen molar-refractivity contribution >= 4 is 33.6 Å². The number of hydrogen-bond acceptors (Lipinski definition) is 4. The van der Waals surface area contributed by atoms with Crippen LogP contribution >= 0.6 is 0 Å². The average molecular weight is 853 g/mol. The first-order valence-electron chi connectivity index (χ1n) is 23.0. The van der Waals surface area contributed by atoms with Gasteiger partial charge in [0.15, 0.2) is 0 Å². The van der Waals surface area contributed by atoms with E-state index in [-0.39, 0.29) is 11.8 Å². The third kappa shape index (κ3) is 9.47. The molecule has 4 aromatic heterocycles. The summed E-state index contributed by atoms with van der Waals surface area (Å²) in [6.45, 7) is 12.3. The molecule has 2 aliphatic rings. The summed E-state index contributed by atoms with van der Waals surface area (Å²) in [7, 11) is 0. The lowest BCUT2D eigenvalue weighted by Crippen LogP contribution is -2.34. The molecule has 2 saturated heterocycles. The van der Waals surface area contributed by atoms with Crippen molar-refractivity contribution in [1.29, 1.82) is 0 Å². The normalized spacial score (nSPS) is 18.5. The van der Waals surface area contributed by atoms with Gasteiger partial charge in [-0.05, 0) is 124 Å². The second kappa shape index (κ2) is 19.0. The highest BCUT2D eigenvalue weighted by molar-refractivity contribution is 5.87. The van der Waals surface area contributed by atoms with Crippen LogP contribution in [0.3, 0.4) is 0 Å². The third-order valence-corrected chi connectivity index (χ3v) is 13.7. The quantitative estimate of drug-likeness (QED) is 0.128. The van der Waals surface area contributed by atoms with Crippen LogP contribution in [0.2, 0.25) is 0 Å². The van der Waals surface area contributed by atoms with Crippen molar-refractivity contribution in [1.82, 2.24) is 39.3 Å². The maximum Gasteiger partial charge on any atom is 0.223 e. The zero-order valence-corrected chi connectivity index (χ0v) is 37.6. The van der Waals surface area contributed by atoms with Gasteiger partial charge in [-0.15, -0.1) is 0 Å². The zero-order valence-electron chi connectivity index (χ0n) is 37.6. The summed E-state index contributed by atoms with van der Waals surface area (Å²) in [5.74, 6) is 1.52. The van der Waals surface area contributed by atoms with E-state index >= 15 is 0 Å². The number of H-pyrrole nitrogens is 2. The first-order chi connectivity index (χ1) is 31.2. The highest BCUT2D eigenvalue weighted by Gasteiger charge is 2.34. The monoisotopic (exact) mass is 852 g/mol. The number of carbonyl (C=O) groups is 2. The molecule has 2 aliphatic heterocycles. The molecule has 0 bridgehead atoms. The van der Waals surface area contributed by atoms with Gasteiger partial charge < -0.3 is 18.9 Å². The third-order valence-electron chi connectivity index (χ3n) is 13.7. The van der Waals surface area contributed by atoms with Crippen LogP contribution in [-0.4, -0.2) is 76.3 Å². The number of hydrogen-bond donors (Lipinski definition) is 2. The summed E-state index contributed by atoms with van der Waals surface area (Å²) in [6.07, 6.45) is 12.5. The van der Waals surface area contributed by atoms with Crippen LogP contribution in [0.1, 0.15) is 62.0 Å². The molecule has 0 spiro atoms. The molecule has 6 heterocycles. The fourth-order valence-corrected chi connectivity index (χ4v) is 10.3. The lowest BCUT2D eigenvalue weighted by atomic mass is 10.1. The Morgan fingerprint density at radius 1 is 0.562 bits per heavy atom. The van der Waals surface area contributed by atoms with Gasteiger partial charge in [-0.1, -0.05) is 72.8 Å². The number of aryl methyl sites for hydroxylation is 4. The van der Waals surface area contributed by atoms with Gasteiger partial charge in [-0.3, -0.25) is 19.8 Å². The minimum Gasteiger partial charge on any atom is -0.345 e. The van der Waals surface area contributed by atoms with Gasteiger partial charge in [0.05, 0.1) is 12.4 Å². The number of nitrogens with zero attached hydrogens (tertiary/aromatic N) is 6. The number of aromatic nitrogens is 6. The van der Waals surface area contributed by atoms with Gasteiger partial charge >= 0.3 is 0 Å². The van der Waals surface area contributed by atoms with E-state index in [1.807, 2.05) is 61.2 Å². The van der Waals surface area contributed by atoms with Crippen molar-refractivity contribution in [2.24, 2.45) is 11.8 Å². The van der Waals surface area contributed by atoms with Crippen LogP contribution < -0.4 is 0 Å². The molecule has 10 heteroatoms. The minimum absolute atomic E-state index is 0.280. The van der Waals surface area contributed by atoms with Crippen molar-refractivity contribution < 1.29 is 9.59 Å². The van der Waals surface area contributed by atoms with Gasteiger partial charge in [0.2, 0.25) is 11.8 Å². The Kier molecular flexibility index (Phi) is 12.6. The average Bonchev–Trinajstić information content (AvgIpc) is 4.19. The number of nitrogens with one attached hydrogen (secondary N) is 2. The van der Waals surface area contributed by atoms with Crippen LogP contribution in [0.5, 0.6) is 0 Å². The molecule has 4 atom stereocenters. The van der Waals surface area contributed by atoms with Crippen LogP contribution in [-0.2, 0) is 35.5 Å². The van der Waals surface area contributed by atoms with Crippen LogP contribution in [0.4, 0.5) is 0 Å². The Bertz CT molecular complexity index is 2610. The molecule has 2 N–H and O–H groups in total. The lowest BCUT2D eigenvalue weighted by molar-refractivity contribution is -0.132.